The van der Waals surface area contributed by atoms with Crippen molar-refractivity contribution in [2.24, 2.45) is 23.7 Å². The molecule has 0 unspecified atom stereocenters. The van der Waals surface area contributed by atoms with Crippen LogP contribution in [0.1, 0.15) is 11.1 Å². The lowest BCUT2D eigenvalue weighted by Gasteiger charge is -2.21. The second-order valence-corrected chi connectivity index (χ2v) is 9.17. The van der Waals surface area contributed by atoms with Crippen LogP contribution in [-0.4, -0.2) is 23.8 Å². The van der Waals surface area contributed by atoms with E-state index in [2.05, 4.69) is 0 Å². The maximum absolute atomic E-state index is 13.8. The van der Waals surface area contributed by atoms with Crippen LogP contribution >= 0.6 is 0 Å². The molecule has 1 aliphatic heterocycles. The van der Waals surface area contributed by atoms with Gasteiger partial charge >= 0.3 is 0 Å². The van der Waals surface area contributed by atoms with E-state index in [0.29, 0.717) is 0 Å². The lowest BCUT2D eigenvalue weighted by molar-refractivity contribution is -0.384. The smallest absolute Gasteiger partial charge is 0.297 e. The number of hydrogen-bond donors (Lipinski definition) is 0. The number of allylic oxidation sites excluding steroid dienone is 3. The lowest BCUT2D eigenvalue weighted by atomic mass is 9.85. The Morgan fingerprint density at radius 2 is 1.36 bits per heavy atom. The number of nitro groups is 1. The van der Waals surface area contributed by atoms with Crippen LogP contribution in [0.4, 0.5) is 11.4 Å². The van der Waals surface area contributed by atoms with Crippen LogP contribution in [0, 0.1) is 33.8 Å². The Labute approximate surface area is 207 Å². The number of anilines is 1. The van der Waals surface area contributed by atoms with Crippen molar-refractivity contribution in [2.75, 3.05) is 12.0 Å². The molecule has 2 aliphatic carbocycles. The van der Waals surface area contributed by atoms with Crippen LogP contribution in [0.2, 0.25) is 0 Å². The van der Waals surface area contributed by atoms with Crippen molar-refractivity contribution in [3.8, 4) is 5.75 Å². The van der Waals surface area contributed by atoms with Crippen LogP contribution in [0.25, 0.3) is 5.57 Å². The highest BCUT2D eigenvalue weighted by molar-refractivity contribution is 6.24. The molecule has 0 aromatic heterocycles. The van der Waals surface area contributed by atoms with Gasteiger partial charge in [0.25, 0.3) is 5.69 Å². The Balaban J connectivity index is 1.47. The molecule has 178 valence electrons. The number of carbonyl (C=O) groups is 2. The molecule has 7 heteroatoms. The molecule has 2 amide bonds. The van der Waals surface area contributed by atoms with E-state index >= 15 is 0 Å². The standard InChI is InChI=1S/C29H22N2O5/c1-36-19-12-15-22(23(16-19)31(34)35)30-28(32)26-20-13-14-21(27(26)29(30)33)25(20)24(17-8-4-2-5-9-17)18-10-6-3-7-11-18/h2-16,20-21,26-27H,1H3/t20-,21-,26+,27+/m1/s1. The number of fused-ring (bicyclic) bond motifs is 5. The van der Waals surface area contributed by atoms with Crippen molar-refractivity contribution < 1.29 is 19.2 Å². The van der Waals surface area contributed by atoms with Gasteiger partial charge in [-0.2, -0.15) is 0 Å². The molecule has 0 N–H and O–H groups in total. The Hall–Kier alpha value is -4.52. The van der Waals surface area contributed by atoms with E-state index in [9.17, 15) is 19.7 Å². The first-order valence-corrected chi connectivity index (χ1v) is 11.7. The predicted molar refractivity (Wildman–Crippen MR) is 134 cm³/mol. The summed E-state index contributed by atoms with van der Waals surface area (Å²) in [6, 6.07) is 24.2. The Bertz CT molecular complexity index is 1390. The van der Waals surface area contributed by atoms with Crippen LogP contribution < -0.4 is 9.64 Å². The molecule has 0 radical (unpaired) electrons. The van der Waals surface area contributed by atoms with Gasteiger partial charge in [0.2, 0.25) is 11.8 Å². The normalized spacial score (nSPS) is 23.8. The third-order valence-electron chi connectivity index (χ3n) is 7.45. The van der Waals surface area contributed by atoms with Gasteiger partial charge in [0.05, 0.1) is 29.9 Å². The van der Waals surface area contributed by atoms with Crippen molar-refractivity contribution in [3.05, 3.63) is 118 Å². The highest BCUT2D eigenvalue weighted by Gasteiger charge is 2.63. The maximum Gasteiger partial charge on any atom is 0.297 e. The van der Waals surface area contributed by atoms with Gasteiger partial charge in [0.1, 0.15) is 11.4 Å². The van der Waals surface area contributed by atoms with Crippen LogP contribution in [0.15, 0.2) is 96.6 Å². The van der Waals surface area contributed by atoms with E-state index in [1.54, 1.807) is 0 Å². The number of ether oxygens (including phenoxy) is 1. The molecule has 3 aromatic carbocycles. The van der Waals surface area contributed by atoms with Gasteiger partial charge in [0, 0.05) is 11.8 Å². The first-order valence-electron chi connectivity index (χ1n) is 11.7. The molecule has 1 saturated carbocycles. The second kappa shape index (κ2) is 8.30. The topological polar surface area (TPSA) is 89.8 Å². The molecule has 1 saturated heterocycles. The molecule has 6 rings (SSSR count). The molecule has 2 bridgehead atoms. The van der Waals surface area contributed by atoms with Crippen LogP contribution in [0.5, 0.6) is 5.75 Å². The number of rotatable bonds is 5. The largest absolute Gasteiger partial charge is 0.496 e. The van der Waals surface area contributed by atoms with E-state index in [4.69, 9.17) is 4.74 Å². The predicted octanol–water partition coefficient (Wildman–Crippen LogP) is 5.03. The van der Waals surface area contributed by atoms with Crippen molar-refractivity contribution >= 4 is 28.8 Å². The number of hydrogen-bond acceptors (Lipinski definition) is 5. The first kappa shape index (κ1) is 22.0. The summed E-state index contributed by atoms with van der Waals surface area (Å²) in [7, 11) is 1.41. The molecule has 1 heterocycles. The minimum Gasteiger partial charge on any atom is -0.496 e. The summed E-state index contributed by atoms with van der Waals surface area (Å²) in [6.45, 7) is 0. The highest BCUT2D eigenvalue weighted by atomic mass is 16.6. The molecule has 7 nitrogen and oxygen atoms in total. The fourth-order valence-corrected chi connectivity index (χ4v) is 6.01. The summed E-state index contributed by atoms with van der Waals surface area (Å²) in [5.74, 6) is -2.20. The van der Waals surface area contributed by atoms with Gasteiger partial charge < -0.3 is 4.74 Å². The molecule has 2 fully saturated rings. The summed E-state index contributed by atoms with van der Waals surface area (Å²) in [4.78, 5) is 39.7. The number of nitrogens with zero attached hydrogens (tertiary/aromatic N) is 2. The minimum atomic E-state index is -0.591. The third-order valence-corrected chi connectivity index (χ3v) is 7.45. The van der Waals surface area contributed by atoms with Crippen molar-refractivity contribution in [2.45, 2.75) is 0 Å². The van der Waals surface area contributed by atoms with Crippen molar-refractivity contribution in [1.82, 2.24) is 0 Å². The highest BCUT2D eigenvalue weighted by Crippen LogP contribution is 2.59. The third kappa shape index (κ3) is 3.12. The zero-order valence-corrected chi connectivity index (χ0v) is 19.4. The van der Waals surface area contributed by atoms with Crippen LogP contribution in [0.3, 0.4) is 0 Å². The summed E-state index contributed by atoms with van der Waals surface area (Å²) in [5.41, 5.74) is 3.81. The molecule has 3 aromatic rings. The zero-order chi connectivity index (χ0) is 25.0. The molecule has 3 aliphatic rings. The average Bonchev–Trinajstić information content (AvgIpc) is 3.54. The molecule has 36 heavy (non-hydrogen) atoms. The number of amides is 2. The monoisotopic (exact) mass is 478 g/mol. The Kier molecular flexibility index (Phi) is 5.07. The van der Waals surface area contributed by atoms with Crippen LogP contribution in [-0.2, 0) is 9.59 Å². The summed E-state index contributed by atoms with van der Waals surface area (Å²) < 4.78 is 5.11. The molecular weight excluding hydrogens is 456 g/mol. The summed E-state index contributed by atoms with van der Waals surface area (Å²) in [6.07, 6.45) is 4.04. The SMILES string of the molecule is COc1ccc(N2C(=O)[C@@H]3[C@@H](C2=O)[C@@H]2C=C[C@@H]3C2=C(c2ccccc2)c2ccccc2)c([N+](=O)[O-])c1. The molecular formula is C29H22N2O5. The number of imide groups is 1. The first-order chi connectivity index (χ1) is 17.5. The van der Waals surface area contributed by atoms with E-state index in [1.807, 2.05) is 72.8 Å². The summed E-state index contributed by atoms with van der Waals surface area (Å²) >= 11 is 0. The van der Waals surface area contributed by atoms with E-state index in [0.717, 1.165) is 27.2 Å². The van der Waals surface area contributed by atoms with Gasteiger partial charge in [0.15, 0.2) is 0 Å². The van der Waals surface area contributed by atoms with E-state index in [-0.39, 0.29) is 29.0 Å². The van der Waals surface area contributed by atoms with Crippen molar-refractivity contribution in [3.63, 3.8) is 0 Å². The van der Waals surface area contributed by atoms with E-state index in [1.165, 1.54) is 25.3 Å². The number of carbonyl (C=O) groups excluding carboxylic acids is 2. The molecule has 4 atom stereocenters. The second-order valence-electron chi connectivity index (χ2n) is 9.17. The van der Waals surface area contributed by atoms with Gasteiger partial charge in [-0.05, 0) is 34.4 Å². The fourth-order valence-electron chi connectivity index (χ4n) is 6.01. The fraction of sp³-hybridized carbons (Fsp3) is 0.172. The number of benzene rings is 3. The number of nitro benzene ring substituents is 1. The minimum absolute atomic E-state index is 0.0125. The van der Waals surface area contributed by atoms with Gasteiger partial charge in [-0.15, -0.1) is 0 Å². The quantitative estimate of drug-likeness (QED) is 0.222. The van der Waals surface area contributed by atoms with Gasteiger partial charge in [-0.3, -0.25) is 19.7 Å². The molecule has 0 spiro atoms. The zero-order valence-electron chi connectivity index (χ0n) is 19.4. The Morgan fingerprint density at radius 3 is 1.83 bits per heavy atom. The lowest BCUT2D eigenvalue weighted by Crippen LogP contribution is -2.33. The Morgan fingerprint density at radius 1 is 0.833 bits per heavy atom. The van der Waals surface area contributed by atoms with E-state index < -0.39 is 28.6 Å². The average molecular weight is 479 g/mol. The van der Waals surface area contributed by atoms with Gasteiger partial charge in [-0.25, -0.2) is 4.90 Å². The van der Waals surface area contributed by atoms with Gasteiger partial charge in [-0.1, -0.05) is 72.8 Å². The van der Waals surface area contributed by atoms with Crippen molar-refractivity contribution in [1.29, 1.82) is 0 Å². The summed E-state index contributed by atoms with van der Waals surface area (Å²) in [5, 5.41) is 11.8. The maximum atomic E-state index is 13.8. The number of methoxy groups -OCH3 is 1.